The van der Waals surface area contributed by atoms with E-state index >= 15 is 8.78 Å². The van der Waals surface area contributed by atoms with Crippen molar-refractivity contribution < 1.29 is 36.6 Å². The van der Waals surface area contributed by atoms with Crippen LogP contribution in [-0.4, -0.2) is 72.4 Å². The van der Waals surface area contributed by atoms with Crippen LogP contribution < -0.4 is 9.64 Å². The Morgan fingerprint density at radius 1 is 0.913 bits per heavy atom. The zero-order chi connectivity index (χ0) is 32.8. The number of aliphatic carboxylic acids is 1. The van der Waals surface area contributed by atoms with Gasteiger partial charge in [0.1, 0.15) is 24.0 Å². The number of anilines is 1. The minimum atomic E-state index is -4.58. The number of rotatable bonds is 8. The van der Waals surface area contributed by atoms with Gasteiger partial charge in [-0.15, -0.1) is 0 Å². The average Bonchev–Trinajstić information content (AvgIpc) is 2.99. The van der Waals surface area contributed by atoms with Crippen molar-refractivity contribution in [3.05, 3.63) is 94.6 Å². The molecule has 3 aromatic rings. The molecule has 1 N–H and O–H groups in total. The molecule has 0 amide bonds. The third kappa shape index (κ3) is 8.55. The smallest absolute Gasteiger partial charge is 0.401 e. The van der Waals surface area contributed by atoms with E-state index < -0.39 is 48.0 Å². The summed E-state index contributed by atoms with van der Waals surface area (Å²) in [6, 6.07) is 15.1. The maximum absolute atomic E-state index is 16.1. The average molecular weight is 646 g/mol. The van der Waals surface area contributed by atoms with Crippen molar-refractivity contribution in [1.82, 2.24) is 9.80 Å². The summed E-state index contributed by atoms with van der Waals surface area (Å²) in [5.74, 6) is -2.18. The fraction of sp³-hybridized carbons (Fsp3) is 0.457. The van der Waals surface area contributed by atoms with Crippen molar-refractivity contribution in [3.8, 4) is 5.75 Å². The molecule has 1 fully saturated rings. The van der Waals surface area contributed by atoms with Gasteiger partial charge in [0.05, 0.1) is 19.1 Å². The normalized spacial score (nSPS) is 20.3. The van der Waals surface area contributed by atoms with E-state index in [2.05, 4.69) is 0 Å². The largest absolute Gasteiger partial charge is 0.489 e. The molecular weight excluding hydrogens is 605 g/mol. The monoisotopic (exact) mass is 645 g/mol. The minimum Gasteiger partial charge on any atom is -0.489 e. The SMILES string of the molecule is C[C@@H]1Cc2cc(OCc3ccccc3)ccc2C(c2c(F)cc(N3CCCCCN(CC(=O)O)CCC3)cc2F)N1CC(F)(F)F. The number of carbonyl (C=O) groups is 1. The maximum atomic E-state index is 16.1. The Balaban J connectivity index is 1.44. The number of benzene rings is 3. The molecule has 5 rings (SSSR count). The number of nitrogens with zero attached hydrogens (tertiary/aromatic N) is 3. The lowest BCUT2D eigenvalue weighted by molar-refractivity contribution is -0.155. The molecule has 248 valence electrons. The van der Waals surface area contributed by atoms with Gasteiger partial charge in [-0.25, -0.2) is 8.78 Å². The number of alkyl halides is 3. The van der Waals surface area contributed by atoms with Crippen molar-refractivity contribution in [2.75, 3.05) is 44.2 Å². The van der Waals surface area contributed by atoms with Crippen LogP contribution in [0.5, 0.6) is 5.75 Å². The standard InChI is InChI=1S/C35H40F5N3O3/c1-24-17-26-18-28(46-22-25-9-4-2-5-10-25)11-12-29(26)34(43(24)23-35(38,39)40)33-30(36)19-27(20-31(33)37)42-15-7-3-6-13-41(14-8-16-42)21-32(44)45/h2,4-5,9-12,18-20,24,34H,3,6-8,13-17,21-23H2,1H3,(H,44,45)/t24-,34?/m1/s1. The number of hydrogen-bond acceptors (Lipinski definition) is 5. The van der Waals surface area contributed by atoms with Crippen molar-refractivity contribution in [1.29, 1.82) is 0 Å². The highest BCUT2D eigenvalue weighted by Crippen LogP contribution is 2.43. The zero-order valence-corrected chi connectivity index (χ0v) is 25.9. The third-order valence-corrected chi connectivity index (χ3v) is 8.80. The molecule has 0 saturated carbocycles. The van der Waals surface area contributed by atoms with Gasteiger partial charge in [-0.1, -0.05) is 42.8 Å². The third-order valence-electron chi connectivity index (χ3n) is 8.80. The lowest BCUT2D eigenvalue weighted by Gasteiger charge is -2.43. The summed E-state index contributed by atoms with van der Waals surface area (Å²) in [7, 11) is 0. The Kier molecular flexibility index (Phi) is 10.8. The first kappa shape index (κ1) is 33.7. The van der Waals surface area contributed by atoms with E-state index in [1.54, 1.807) is 25.1 Å². The van der Waals surface area contributed by atoms with Crippen LogP contribution in [0.3, 0.4) is 0 Å². The first-order chi connectivity index (χ1) is 22.0. The van der Waals surface area contributed by atoms with E-state index in [1.165, 1.54) is 12.1 Å². The van der Waals surface area contributed by atoms with Gasteiger partial charge >= 0.3 is 12.1 Å². The highest BCUT2D eigenvalue weighted by Gasteiger charge is 2.42. The van der Waals surface area contributed by atoms with Gasteiger partial charge in [0, 0.05) is 36.9 Å². The Bertz CT molecular complexity index is 1460. The molecule has 2 aliphatic rings. The highest BCUT2D eigenvalue weighted by molar-refractivity contribution is 5.69. The molecule has 0 bridgehead atoms. The fourth-order valence-corrected chi connectivity index (χ4v) is 6.65. The Labute approximate surface area is 266 Å². The Morgan fingerprint density at radius 3 is 2.28 bits per heavy atom. The zero-order valence-electron chi connectivity index (χ0n) is 25.9. The summed E-state index contributed by atoms with van der Waals surface area (Å²) >= 11 is 0. The quantitative estimate of drug-likeness (QED) is 0.262. The second kappa shape index (κ2) is 14.8. The molecule has 2 atom stereocenters. The molecule has 6 nitrogen and oxygen atoms in total. The van der Waals surface area contributed by atoms with Crippen LogP contribution in [0.1, 0.15) is 60.9 Å². The number of halogens is 5. The molecule has 46 heavy (non-hydrogen) atoms. The molecule has 11 heteroatoms. The molecule has 1 saturated heterocycles. The van der Waals surface area contributed by atoms with Crippen LogP contribution in [0.4, 0.5) is 27.6 Å². The Hall–Kier alpha value is -3.70. The topological polar surface area (TPSA) is 56.3 Å². The van der Waals surface area contributed by atoms with Gasteiger partial charge in [0.2, 0.25) is 0 Å². The summed E-state index contributed by atoms with van der Waals surface area (Å²) in [5.41, 5.74) is 1.97. The summed E-state index contributed by atoms with van der Waals surface area (Å²) < 4.78 is 79.8. The van der Waals surface area contributed by atoms with E-state index in [1.807, 2.05) is 40.1 Å². The molecular formula is C35H40F5N3O3. The second-order valence-electron chi connectivity index (χ2n) is 12.3. The molecule has 0 aromatic heterocycles. The number of fused-ring (bicyclic) bond motifs is 1. The van der Waals surface area contributed by atoms with Crippen molar-refractivity contribution in [3.63, 3.8) is 0 Å². The molecule has 2 aliphatic heterocycles. The van der Waals surface area contributed by atoms with E-state index in [-0.39, 0.29) is 13.0 Å². The van der Waals surface area contributed by atoms with E-state index in [0.29, 0.717) is 61.8 Å². The number of hydrogen-bond donors (Lipinski definition) is 1. The van der Waals surface area contributed by atoms with Gasteiger partial charge < -0.3 is 14.7 Å². The van der Waals surface area contributed by atoms with Crippen molar-refractivity contribution in [2.24, 2.45) is 0 Å². The minimum absolute atomic E-state index is 0.0612. The molecule has 0 spiro atoms. The lowest BCUT2D eigenvalue weighted by atomic mass is 9.84. The van der Waals surface area contributed by atoms with Crippen LogP contribution >= 0.6 is 0 Å². The number of ether oxygens (including phenoxy) is 1. The number of carboxylic acid groups (broad SMARTS) is 1. The lowest BCUT2D eigenvalue weighted by Crippen LogP contribution is -2.47. The summed E-state index contributed by atoms with van der Waals surface area (Å²) in [6.45, 7) is 2.81. The summed E-state index contributed by atoms with van der Waals surface area (Å²) in [5, 5.41) is 9.21. The molecule has 0 radical (unpaired) electrons. The van der Waals surface area contributed by atoms with Crippen LogP contribution in [0, 0.1) is 11.6 Å². The van der Waals surface area contributed by atoms with Crippen LogP contribution in [0.25, 0.3) is 0 Å². The van der Waals surface area contributed by atoms with Gasteiger partial charge in [-0.3, -0.25) is 14.6 Å². The van der Waals surface area contributed by atoms with Crippen LogP contribution in [0.15, 0.2) is 60.7 Å². The van der Waals surface area contributed by atoms with Gasteiger partial charge in [-0.2, -0.15) is 13.2 Å². The first-order valence-corrected chi connectivity index (χ1v) is 15.8. The maximum Gasteiger partial charge on any atom is 0.401 e. The van der Waals surface area contributed by atoms with Gasteiger partial charge in [-0.05, 0) is 80.1 Å². The van der Waals surface area contributed by atoms with Crippen molar-refractivity contribution in [2.45, 2.75) is 63.9 Å². The molecule has 0 aliphatic carbocycles. The molecule has 2 heterocycles. The van der Waals surface area contributed by atoms with Crippen LogP contribution in [-0.2, 0) is 17.8 Å². The van der Waals surface area contributed by atoms with E-state index in [9.17, 15) is 23.1 Å². The molecule has 3 aromatic carbocycles. The predicted octanol–water partition coefficient (Wildman–Crippen LogP) is 7.21. The molecule has 1 unspecified atom stereocenters. The highest BCUT2D eigenvalue weighted by atomic mass is 19.4. The Morgan fingerprint density at radius 2 is 1.59 bits per heavy atom. The first-order valence-electron chi connectivity index (χ1n) is 15.8. The number of carboxylic acids is 1. The fourth-order valence-electron chi connectivity index (χ4n) is 6.65. The summed E-state index contributed by atoms with van der Waals surface area (Å²) in [6.07, 6.45) is -1.32. The summed E-state index contributed by atoms with van der Waals surface area (Å²) in [4.78, 5) is 16.1. The predicted molar refractivity (Wildman–Crippen MR) is 166 cm³/mol. The second-order valence-corrected chi connectivity index (χ2v) is 12.3. The van der Waals surface area contributed by atoms with Gasteiger partial charge in [0.25, 0.3) is 0 Å². The van der Waals surface area contributed by atoms with Crippen LogP contribution in [0.2, 0.25) is 0 Å². The van der Waals surface area contributed by atoms with Gasteiger partial charge in [0.15, 0.2) is 0 Å². The van der Waals surface area contributed by atoms with Crippen molar-refractivity contribution >= 4 is 11.7 Å². The van der Waals surface area contributed by atoms with E-state index in [4.69, 9.17) is 4.74 Å². The van der Waals surface area contributed by atoms with E-state index in [0.717, 1.165) is 29.7 Å².